The minimum Gasteiger partial charge on any atom is -0.368 e. The number of nitrogen functional groups attached to an aromatic ring is 1. The van der Waals surface area contributed by atoms with Crippen LogP contribution < -0.4 is 16.8 Å². The summed E-state index contributed by atoms with van der Waals surface area (Å²) in [4.78, 5) is 17.8. The molecule has 0 atom stereocenters. The van der Waals surface area contributed by atoms with E-state index in [1.165, 1.54) is 6.20 Å². The molecule has 0 saturated heterocycles. The maximum Gasteiger partial charge on any atom is 0.236 e. The quantitative estimate of drug-likeness (QED) is 0.532. The zero-order valence-electron chi connectivity index (χ0n) is 6.32. The van der Waals surface area contributed by atoms with Crippen LogP contribution in [0.15, 0.2) is 12.3 Å². The number of anilines is 2. The fraction of sp³-hybridized carbons (Fsp3) is 0.167. The molecule has 0 saturated carbocycles. The van der Waals surface area contributed by atoms with E-state index in [1.807, 2.05) is 0 Å². The van der Waals surface area contributed by atoms with Gasteiger partial charge in [-0.05, 0) is 6.07 Å². The van der Waals surface area contributed by atoms with E-state index in [9.17, 15) is 4.79 Å². The van der Waals surface area contributed by atoms with Gasteiger partial charge >= 0.3 is 0 Å². The van der Waals surface area contributed by atoms with Gasteiger partial charge in [0.25, 0.3) is 0 Å². The smallest absolute Gasteiger partial charge is 0.236 e. The van der Waals surface area contributed by atoms with Crippen molar-refractivity contribution in [1.29, 1.82) is 0 Å². The SMILES string of the molecule is NC(=O)CNc1ccnc(N)n1. The average Bonchev–Trinajstić information content (AvgIpc) is 2.01. The minimum absolute atomic E-state index is 0.0381. The zero-order valence-corrected chi connectivity index (χ0v) is 6.32. The zero-order chi connectivity index (χ0) is 8.97. The number of nitrogens with two attached hydrogens (primary N) is 2. The third-order valence-corrected chi connectivity index (χ3v) is 1.12. The monoisotopic (exact) mass is 167 g/mol. The second-order valence-corrected chi connectivity index (χ2v) is 2.12. The van der Waals surface area contributed by atoms with Crippen molar-refractivity contribution < 1.29 is 4.79 Å². The summed E-state index contributed by atoms with van der Waals surface area (Å²) in [5.74, 6) is 0.193. The van der Waals surface area contributed by atoms with Crippen LogP contribution in [0.4, 0.5) is 11.8 Å². The van der Waals surface area contributed by atoms with E-state index >= 15 is 0 Å². The molecule has 0 bridgehead atoms. The predicted molar refractivity (Wildman–Crippen MR) is 44.1 cm³/mol. The molecule has 0 spiro atoms. The number of primary amides is 1. The lowest BCUT2D eigenvalue weighted by molar-refractivity contribution is -0.116. The van der Waals surface area contributed by atoms with Gasteiger partial charge in [-0.25, -0.2) is 4.98 Å². The van der Waals surface area contributed by atoms with E-state index in [0.717, 1.165) is 0 Å². The van der Waals surface area contributed by atoms with Crippen LogP contribution in [0.25, 0.3) is 0 Å². The highest BCUT2D eigenvalue weighted by Crippen LogP contribution is 2.00. The molecule has 1 amide bonds. The topological polar surface area (TPSA) is 107 Å². The van der Waals surface area contributed by atoms with E-state index in [0.29, 0.717) is 5.82 Å². The molecule has 1 aromatic rings. The number of rotatable bonds is 3. The molecule has 5 N–H and O–H groups in total. The number of hydrogen-bond acceptors (Lipinski definition) is 5. The van der Waals surface area contributed by atoms with Crippen molar-refractivity contribution in [1.82, 2.24) is 9.97 Å². The Labute approximate surface area is 69.0 Å². The molecule has 1 aromatic heterocycles. The van der Waals surface area contributed by atoms with Crippen LogP contribution in [-0.4, -0.2) is 22.4 Å². The summed E-state index contributed by atoms with van der Waals surface area (Å²) in [6, 6.07) is 1.60. The first kappa shape index (κ1) is 8.25. The molecule has 1 rings (SSSR count). The lowest BCUT2D eigenvalue weighted by atomic mass is 10.5. The number of nitrogens with zero attached hydrogens (tertiary/aromatic N) is 2. The Bertz CT molecular complexity index is 287. The molecule has 12 heavy (non-hydrogen) atoms. The van der Waals surface area contributed by atoms with Gasteiger partial charge in [0.15, 0.2) is 0 Å². The molecule has 0 unspecified atom stereocenters. The number of hydrogen-bond donors (Lipinski definition) is 3. The largest absolute Gasteiger partial charge is 0.368 e. The Morgan fingerprint density at radius 1 is 1.67 bits per heavy atom. The van der Waals surface area contributed by atoms with Crippen LogP contribution >= 0.6 is 0 Å². The van der Waals surface area contributed by atoms with Crippen LogP contribution in [0.5, 0.6) is 0 Å². The molecule has 0 aliphatic carbocycles. The molecule has 64 valence electrons. The number of carbonyl (C=O) groups is 1. The number of aromatic nitrogens is 2. The summed E-state index contributed by atoms with van der Waals surface area (Å²) >= 11 is 0. The molecule has 6 heteroatoms. The summed E-state index contributed by atoms with van der Waals surface area (Å²) in [7, 11) is 0. The van der Waals surface area contributed by atoms with Crippen molar-refractivity contribution in [3.05, 3.63) is 12.3 Å². The van der Waals surface area contributed by atoms with Gasteiger partial charge in [0.05, 0.1) is 6.54 Å². The summed E-state index contributed by atoms with van der Waals surface area (Å²) in [5, 5.41) is 2.68. The second kappa shape index (κ2) is 3.51. The Balaban J connectivity index is 2.57. The van der Waals surface area contributed by atoms with E-state index in [1.54, 1.807) is 6.07 Å². The van der Waals surface area contributed by atoms with Gasteiger partial charge in [0.2, 0.25) is 11.9 Å². The van der Waals surface area contributed by atoms with Crippen LogP contribution in [0, 0.1) is 0 Å². The molecule has 0 radical (unpaired) electrons. The molecular weight excluding hydrogens is 158 g/mol. The van der Waals surface area contributed by atoms with Crippen LogP contribution in [0.3, 0.4) is 0 Å². The number of amides is 1. The minimum atomic E-state index is -0.452. The molecule has 1 heterocycles. The lowest BCUT2D eigenvalue weighted by Crippen LogP contribution is -2.22. The van der Waals surface area contributed by atoms with Crippen LogP contribution in [-0.2, 0) is 4.79 Å². The number of carbonyl (C=O) groups excluding carboxylic acids is 1. The van der Waals surface area contributed by atoms with Crippen molar-refractivity contribution in [2.75, 3.05) is 17.6 Å². The fourth-order valence-corrected chi connectivity index (χ4v) is 0.650. The maximum atomic E-state index is 10.3. The Hall–Kier alpha value is -1.85. The van der Waals surface area contributed by atoms with E-state index in [2.05, 4.69) is 15.3 Å². The highest BCUT2D eigenvalue weighted by atomic mass is 16.1. The summed E-state index contributed by atoms with van der Waals surface area (Å²) < 4.78 is 0. The van der Waals surface area contributed by atoms with Crippen LogP contribution in [0.1, 0.15) is 0 Å². The molecule has 0 aliphatic heterocycles. The highest BCUT2D eigenvalue weighted by Gasteiger charge is 1.96. The first-order valence-electron chi connectivity index (χ1n) is 3.29. The summed E-state index contributed by atoms with van der Waals surface area (Å²) in [6.45, 7) is 0.0381. The third kappa shape index (κ3) is 2.41. The first-order chi connectivity index (χ1) is 5.68. The third-order valence-electron chi connectivity index (χ3n) is 1.12. The maximum absolute atomic E-state index is 10.3. The first-order valence-corrected chi connectivity index (χ1v) is 3.29. The standard InChI is InChI=1S/C6H9N5O/c7-4(12)3-10-5-1-2-9-6(8)11-5/h1-2H,3H2,(H2,7,12)(H3,8,9,10,11). The Morgan fingerprint density at radius 3 is 3.00 bits per heavy atom. The van der Waals surface area contributed by atoms with Gasteiger partial charge in [0, 0.05) is 6.20 Å². The van der Waals surface area contributed by atoms with E-state index in [4.69, 9.17) is 11.5 Å². The van der Waals surface area contributed by atoms with Gasteiger partial charge < -0.3 is 16.8 Å². The fourth-order valence-electron chi connectivity index (χ4n) is 0.650. The summed E-state index contributed by atoms with van der Waals surface area (Å²) in [6.07, 6.45) is 1.49. The molecule has 0 aromatic carbocycles. The van der Waals surface area contributed by atoms with Crippen molar-refractivity contribution >= 4 is 17.7 Å². The Kier molecular flexibility index (Phi) is 2.42. The van der Waals surface area contributed by atoms with Gasteiger partial charge in [-0.15, -0.1) is 0 Å². The number of nitrogens with one attached hydrogen (secondary N) is 1. The molecule has 6 nitrogen and oxygen atoms in total. The van der Waals surface area contributed by atoms with Gasteiger partial charge in [0.1, 0.15) is 5.82 Å². The van der Waals surface area contributed by atoms with Crippen molar-refractivity contribution in [3.63, 3.8) is 0 Å². The van der Waals surface area contributed by atoms with Crippen molar-refractivity contribution in [2.24, 2.45) is 5.73 Å². The van der Waals surface area contributed by atoms with Gasteiger partial charge in [-0.1, -0.05) is 0 Å². The van der Waals surface area contributed by atoms with E-state index in [-0.39, 0.29) is 12.5 Å². The van der Waals surface area contributed by atoms with Crippen molar-refractivity contribution in [3.8, 4) is 0 Å². The molecule has 0 aliphatic rings. The lowest BCUT2D eigenvalue weighted by Gasteiger charge is -2.01. The molecular formula is C6H9N5O. The second-order valence-electron chi connectivity index (χ2n) is 2.12. The van der Waals surface area contributed by atoms with Gasteiger partial charge in [-0.3, -0.25) is 4.79 Å². The normalized spacial score (nSPS) is 9.33. The van der Waals surface area contributed by atoms with E-state index < -0.39 is 5.91 Å². The molecule has 0 fully saturated rings. The highest BCUT2D eigenvalue weighted by molar-refractivity contribution is 5.78. The average molecular weight is 167 g/mol. The van der Waals surface area contributed by atoms with Crippen molar-refractivity contribution in [2.45, 2.75) is 0 Å². The predicted octanol–water partition coefficient (Wildman–Crippen LogP) is -1.04. The summed E-state index contributed by atoms with van der Waals surface area (Å²) in [5.41, 5.74) is 10.2. The van der Waals surface area contributed by atoms with Crippen LogP contribution in [0.2, 0.25) is 0 Å². The Morgan fingerprint density at radius 2 is 2.42 bits per heavy atom. The van der Waals surface area contributed by atoms with Gasteiger partial charge in [-0.2, -0.15) is 4.98 Å².